The first-order valence-corrected chi connectivity index (χ1v) is 15.9. The van der Waals surface area contributed by atoms with Crippen LogP contribution in [0.1, 0.15) is 72.1 Å². The lowest BCUT2D eigenvalue weighted by Gasteiger charge is -2.26. The van der Waals surface area contributed by atoms with Crippen molar-refractivity contribution in [1.29, 1.82) is 0 Å². The molecule has 1 aliphatic heterocycles. The Balaban J connectivity index is 1.24. The Morgan fingerprint density at radius 3 is 2.33 bits per heavy atom. The van der Waals surface area contributed by atoms with Crippen LogP contribution in [0.4, 0.5) is 5.69 Å². The second kappa shape index (κ2) is 14.0. The Morgan fingerprint density at radius 2 is 1.57 bits per heavy atom. The number of carbonyl (C=O) groups excluding carboxylic acids is 3. The summed E-state index contributed by atoms with van der Waals surface area (Å²) in [6, 6.07) is 23.1. The van der Waals surface area contributed by atoms with Gasteiger partial charge in [0, 0.05) is 46.5 Å². The Kier molecular flexibility index (Phi) is 10.4. The standard InChI is InChI=1S/C32H32N2O3S3/c1-32(2,27-17-15-25(16-18-27)31(37)33-38)40-39-21-7-11-28(35)19-20-30(36)34-22-26-10-4-3-8-23(26)13-14-24-9-5-6-12-29(24)34/h3-6,8-10,12,15-18,38H,7,11,19-22H2,1-2H3,(H,33,37). The fraction of sp³-hybridized carbons (Fsp3) is 0.281. The molecule has 0 spiro atoms. The molecule has 2 amide bonds. The third-order valence-electron chi connectivity index (χ3n) is 6.69. The molecule has 0 radical (unpaired) electrons. The molecule has 1 N–H and O–H groups in total. The second-order valence-electron chi connectivity index (χ2n) is 9.98. The minimum Gasteiger partial charge on any atom is -0.307 e. The zero-order valence-electron chi connectivity index (χ0n) is 22.6. The number of Topliss-reactive ketones (excluding diaryl/α,β-unsaturated/α-hetero) is 1. The highest BCUT2D eigenvalue weighted by Crippen LogP contribution is 2.43. The predicted octanol–water partition coefficient (Wildman–Crippen LogP) is 6.95. The molecule has 5 nitrogen and oxygen atoms in total. The van der Waals surface area contributed by atoms with Gasteiger partial charge in [-0.2, -0.15) is 0 Å². The molecule has 1 heterocycles. The van der Waals surface area contributed by atoms with Crippen LogP contribution < -0.4 is 9.62 Å². The lowest BCUT2D eigenvalue weighted by Crippen LogP contribution is -2.32. The fourth-order valence-corrected chi connectivity index (χ4v) is 7.14. The normalized spacial score (nSPS) is 12.2. The van der Waals surface area contributed by atoms with E-state index in [1.807, 2.05) is 60.7 Å². The van der Waals surface area contributed by atoms with Gasteiger partial charge in [-0.25, -0.2) is 0 Å². The molecule has 3 aromatic carbocycles. The van der Waals surface area contributed by atoms with Gasteiger partial charge in [0.2, 0.25) is 5.91 Å². The molecule has 1 aliphatic rings. The number of benzene rings is 3. The smallest absolute Gasteiger partial charge is 0.260 e. The summed E-state index contributed by atoms with van der Waals surface area (Å²) in [5.74, 6) is 7.08. The molecular formula is C32H32N2O3S3. The van der Waals surface area contributed by atoms with Crippen LogP contribution in [-0.2, 0) is 20.9 Å². The highest BCUT2D eigenvalue weighted by molar-refractivity contribution is 8.77. The average Bonchev–Trinajstić information content (AvgIpc) is 2.96. The largest absolute Gasteiger partial charge is 0.307 e. The van der Waals surface area contributed by atoms with Crippen LogP contribution in [0.2, 0.25) is 0 Å². The van der Waals surface area contributed by atoms with Crippen molar-refractivity contribution in [3.63, 3.8) is 0 Å². The molecule has 0 saturated heterocycles. The molecule has 0 bridgehead atoms. The summed E-state index contributed by atoms with van der Waals surface area (Å²) in [5.41, 5.74) is 5.21. The predicted molar refractivity (Wildman–Crippen MR) is 169 cm³/mol. The monoisotopic (exact) mass is 588 g/mol. The van der Waals surface area contributed by atoms with Crippen molar-refractivity contribution < 1.29 is 14.4 Å². The fourth-order valence-electron chi connectivity index (χ4n) is 4.37. The molecule has 0 fully saturated rings. The van der Waals surface area contributed by atoms with E-state index in [9.17, 15) is 14.4 Å². The van der Waals surface area contributed by atoms with Gasteiger partial charge in [0.05, 0.1) is 12.2 Å². The summed E-state index contributed by atoms with van der Waals surface area (Å²) in [4.78, 5) is 39.4. The number of hydrogen-bond donors (Lipinski definition) is 2. The maximum atomic E-state index is 13.3. The number of thiol groups is 1. The number of nitrogens with one attached hydrogen (secondary N) is 1. The Hall–Kier alpha value is -3.12. The first kappa shape index (κ1) is 29.9. The molecule has 4 rings (SSSR count). The lowest BCUT2D eigenvalue weighted by molar-refractivity contribution is -0.124. The third-order valence-corrected chi connectivity index (χ3v) is 10.2. The van der Waals surface area contributed by atoms with E-state index >= 15 is 0 Å². The SMILES string of the molecule is CC(C)(SSCCCC(=O)CCC(=O)N1Cc2ccccc2C#Cc2ccccc21)c1ccc(C(=O)NS)cc1. The number of carbonyl (C=O) groups is 3. The van der Waals surface area contributed by atoms with Gasteiger partial charge in [0.1, 0.15) is 5.78 Å². The Morgan fingerprint density at radius 1 is 0.900 bits per heavy atom. The molecule has 0 atom stereocenters. The van der Waals surface area contributed by atoms with Crippen LogP contribution in [0.25, 0.3) is 0 Å². The molecular weight excluding hydrogens is 557 g/mol. The zero-order valence-corrected chi connectivity index (χ0v) is 25.1. The number of anilines is 1. The number of amides is 2. The number of fused-ring (bicyclic) bond motifs is 2. The Bertz CT molecular complexity index is 1440. The number of rotatable bonds is 11. The van der Waals surface area contributed by atoms with E-state index in [1.165, 1.54) is 0 Å². The number of nitrogens with zero attached hydrogens (tertiary/aromatic N) is 1. The van der Waals surface area contributed by atoms with Crippen molar-refractivity contribution in [3.8, 4) is 11.8 Å². The molecule has 0 aromatic heterocycles. The first-order valence-electron chi connectivity index (χ1n) is 13.1. The molecule has 0 unspecified atom stereocenters. The number of para-hydroxylation sites is 1. The Labute approximate surface area is 249 Å². The van der Waals surface area contributed by atoms with E-state index in [0.717, 1.165) is 40.1 Å². The molecule has 40 heavy (non-hydrogen) atoms. The van der Waals surface area contributed by atoms with Crippen molar-refractivity contribution in [2.24, 2.45) is 0 Å². The summed E-state index contributed by atoms with van der Waals surface area (Å²) in [6.07, 6.45) is 1.64. The molecule has 0 saturated carbocycles. The summed E-state index contributed by atoms with van der Waals surface area (Å²) < 4.78 is 2.18. The summed E-state index contributed by atoms with van der Waals surface area (Å²) >= 11 is 3.81. The van der Waals surface area contributed by atoms with Crippen LogP contribution >= 0.6 is 34.4 Å². The number of hydrogen-bond acceptors (Lipinski definition) is 6. The van der Waals surface area contributed by atoms with Crippen molar-refractivity contribution >= 4 is 57.7 Å². The van der Waals surface area contributed by atoms with Gasteiger partial charge in [-0.05, 0) is 61.7 Å². The van der Waals surface area contributed by atoms with Gasteiger partial charge in [-0.3, -0.25) is 19.1 Å². The number of ketones is 1. The molecule has 8 heteroatoms. The van der Waals surface area contributed by atoms with E-state index in [4.69, 9.17) is 0 Å². The average molecular weight is 589 g/mol. The van der Waals surface area contributed by atoms with E-state index in [1.54, 1.807) is 38.6 Å². The van der Waals surface area contributed by atoms with Gasteiger partial charge in [-0.15, -0.1) is 0 Å². The zero-order chi connectivity index (χ0) is 28.5. The minimum absolute atomic E-state index is 0.0659. The van der Waals surface area contributed by atoms with Gasteiger partial charge in [0.15, 0.2) is 0 Å². The van der Waals surface area contributed by atoms with Gasteiger partial charge >= 0.3 is 0 Å². The van der Waals surface area contributed by atoms with E-state index in [-0.39, 0.29) is 35.2 Å². The van der Waals surface area contributed by atoms with Crippen molar-refractivity contribution in [1.82, 2.24) is 4.72 Å². The van der Waals surface area contributed by atoms with E-state index < -0.39 is 0 Å². The topological polar surface area (TPSA) is 66.5 Å². The van der Waals surface area contributed by atoms with Crippen molar-refractivity contribution in [2.45, 2.75) is 50.8 Å². The summed E-state index contributed by atoms with van der Waals surface area (Å²) in [7, 11) is 3.48. The van der Waals surface area contributed by atoms with Crippen LogP contribution in [-0.4, -0.2) is 23.4 Å². The molecule has 206 valence electrons. The lowest BCUT2D eigenvalue weighted by atomic mass is 10.0. The molecule has 3 aromatic rings. The maximum Gasteiger partial charge on any atom is 0.260 e. The first-order chi connectivity index (χ1) is 19.3. The van der Waals surface area contributed by atoms with Gasteiger partial charge < -0.3 is 4.90 Å². The van der Waals surface area contributed by atoms with Crippen LogP contribution in [0.15, 0.2) is 72.8 Å². The quantitative estimate of drug-likeness (QED) is 0.110. The van der Waals surface area contributed by atoms with Crippen molar-refractivity contribution in [3.05, 3.63) is 101 Å². The summed E-state index contributed by atoms with van der Waals surface area (Å²) in [6.45, 7) is 4.72. The van der Waals surface area contributed by atoms with E-state index in [0.29, 0.717) is 18.5 Å². The third kappa shape index (κ3) is 7.75. The van der Waals surface area contributed by atoms with E-state index in [2.05, 4.69) is 43.2 Å². The van der Waals surface area contributed by atoms with Crippen molar-refractivity contribution in [2.75, 3.05) is 10.7 Å². The van der Waals surface area contributed by atoms with Gasteiger partial charge in [-0.1, -0.05) is 88.7 Å². The summed E-state index contributed by atoms with van der Waals surface area (Å²) in [5, 5.41) is 0. The highest BCUT2D eigenvalue weighted by Gasteiger charge is 2.23. The maximum absolute atomic E-state index is 13.3. The van der Waals surface area contributed by atoms with Gasteiger partial charge in [0.25, 0.3) is 5.91 Å². The van der Waals surface area contributed by atoms with Crippen LogP contribution in [0.3, 0.4) is 0 Å². The highest BCUT2D eigenvalue weighted by atomic mass is 33.1. The van der Waals surface area contributed by atoms with Crippen LogP contribution in [0, 0.1) is 11.8 Å². The molecule has 0 aliphatic carbocycles. The minimum atomic E-state index is -0.229. The van der Waals surface area contributed by atoms with Crippen LogP contribution in [0.5, 0.6) is 0 Å². The second-order valence-corrected chi connectivity index (χ2v) is 13.2.